The van der Waals surface area contributed by atoms with Gasteiger partial charge < -0.3 is 14.5 Å². The molecule has 0 bridgehead atoms. The number of nitrogens with zero attached hydrogens (tertiary/aromatic N) is 4. The summed E-state index contributed by atoms with van der Waals surface area (Å²) in [6.45, 7) is 2.29. The highest BCUT2D eigenvalue weighted by molar-refractivity contribution is 6.31. The van der Waals surface area contributed by atoms with Crippen LogP contribution < -0.4 is 4.90 Å². The van der Waals surface area contributed by atoms with Crippen LogP contribution in [-0.4, -0.2) is 32.9 Å². The molecular formula is C16H15ClN4O2. The lowest BCUT2D eigenvalue weighted by Gasteiger charge is -2.25. The first-order chi connectivity index (χ1) is 11.1. The molecule has 0 aliphatic carbocycles. The Hall–Kier alpha value is -2.18. The highest BCUT2D eigenvalue weighted by Crippen LogP contribution is 2.38. The van der Waals surface area contributed by atoms with Gasteiger partial charge in [-0.25, -0.2) is 0 Å². The fourth-order valence-electron chi connectivity index (χ4n) is 3.12. The molecule has 7 heteroatoms. The summed E-state index contributed by atoms with van der Waals surface area (Å²) in [5, 5.41) is 15.6. The highest BCUT2D eigenvalue weighted by atomic mass is 35.5. The fourth-order valence-corrected chi connectivity index (χ4v) is 3.29. The molecule has 0 unspecified atom stereocenters. The summed E-state index contributed by atoms with van der Waals surface area (Å²) in [4.78, 5) is 10.8. The van der Waals surface area contributed by atoms with Crippen LogP contribution in [0.1, 0.15) is 24.2 Å². The molecular weight excluding hydrogens is 316 g/mol. The Morgan fingerprint density at radius 1 is 1.35 bits per heavy atom. The molecule has 1 fully saturated rings. The van der Waals surface area contributed by atoms with Gasteiger partial charge in [-0.2, -0.15) is 4.98 Å². The Morgan fingerprint density at radius 2 is 2.22 bits per heavy atom. The van der Waals surface area contributed by atoms with Gasteiger partial charge in [-0.15, -0.1) is 0 Å². The van der Waals surface area contributed by atoms with Crippen molar-refractivity contribution in [2.45, 2.75) is 25.5 Å². The van der Waals surface area contributed by atoms with E-state index >= 15 is 0 Å². The van der Waals surface area contributed by atoms with Gasteiger partial charge in [0.1, 0.15) is 6.04 Å². The summed E-state index contributed by atoms with van der Waals surface area (Å²) in [6, 6.07) is 7.41. The molecule has 1 aliphatic heterocycles. The van der Waals surface area contributed by atoms with E-state index in [4.69, 9.17) is 16.1 Å². The number of rotatable bonds is 2. The number of aliphatic hydroxyl groups is 1. The Kier molecular flexibility index (Phi) is 3.43. The summed E-state index contributed by atoms with van der Waals surface area (Å²) < 4.78 is 5.33. The van der Waals surface area contributed by atoms with Gasteiger partial charge in [0.15, 0.2) is 5.82 Å². The molecule has 1 aliphatic rings. The van der Waals surface area contributed by atoms with Crippen molar-refractivity contribution in [2.24, 2.45) is 0 Å². The summed E-state index contributed by atoms with van der Waals surface area (Å²) in [5.41, 5.74) is 1.79. The second-order valence-corrected chi connectivity index (χ2v) is 6.17. The molecule has 1 saturated heterocycles. The summed E-state index contributed by atoms with van der Waals surface area (Å²) in [7, 11) is 0. The minimum Gasteiger partial charge on any atom is -0.391 e. The highest BCUT2D eigenvalue weighted by Gasteiger charge is 2.36. The number of β-amino-alcohol motifs (C(OH)–C–C–N with tert-alkyl or cyclic N) is 1. The normalized spacial score (nSPS) is 21.3. The third-order valence-corrected chi connectivity index (χ3v) is 4.33. The van der Waals surface area contributed by atoms with Gasteiger partial charge in [-0.3, -0.25) is 4.98 Å². The van der Waals surface area contributed by atoms with E-state index in [2.05, 4.69) is 20.0 Å². The van der Waals surface area contributed by atoms with Crippen LogP contribution in [0, 0.1) is 6.92 Å². The average Bonchev–Trinajstić information content (AvgIpc) is 3.12. The molecule has 4 rings (SSSR count). The Labute approximate surface area is 137 Å². The molecule has 0 radical (unpaired) electrons. The molecule has 3 aromatic rings. The van der Waals surface area contributed by atoms with Crippen molar-refractivity contribution in [3.63, 3.8) is 0 Å². The van der Waals surface area contributed by atoms with Gasteiger partial charge in [0.25, 0.3) is 0 Å². The molecule has 2 atom stereocenters. The number of aryl methyl sites for hydroxylation is 1. The molecule has 1 aromatic carbocycles. The molecule has 6 nitrogen and oxygen atoms in total. The van der Waals surface area contributed by atoms with Gasteiger partial charge in [0.2, 0.25) is 5.89 Å². The topological polar surface area (TPSA) is 75.3 Å². The zero-order valence-corrected chi connectivity index (χ0v) is 13.2. The number of anilines is 1. The van der Waals surface area contributed by atoms with Gasteiger partial charge in [-0.1, -0.05) is 16.8 Å². The van der Waals surface area contributed by atoms with Crippen molar-refractivity contribution < 1.29 is 9.63 Å². The largest absolute Gasteiger partial charge is 0.391 e. The number of hydrogen-bond donors (Lipinski definition) is 1. The Bertz CT molecular complexity index is 866. The molecule has 23 heavy (non-hydrogen) atoms. The number of aromatic nitrogens is 3. The first kappa shape index (κ1) is 14.4. The van der Waals surface area contributed by atoms with Crippen LogP contribution in [-0.2, 0) is 0 Å². The summed E-state index contributed by atoms with van der Waals surface area (Å²) in [5.74, 6) is 1.12. The second kappa shape index (κ2) is 5.47. The molecule has 1 N–H and O–H groups in total. The predicted octanol–water partition coefficient (Wildman–Crippen LogP) is 2.89. The van der Waals surface area contributed by atoms with Crippen LogP contribution in [0.15, 0.2) is 35.0 Å². The van der Waals surface area contributed by atoms with Crippen LogP contribution in [0.2, 0.25) is 5.02 Å². The van der Waals surface area contributed by atoms with Crippen molar-refractivity contribution >= 4 is 28.2 Å². The molecule has 0 spiro atoms. The Morgan fingerprint density at radius 3 is 3.00 bits per heavy atom. The van der Waals surface area contributed by atoms with E-state index < -0.39 is 6.10 Å². The zero-order chi connectivity index (χ0) is 16.0. The van der Waals surface area contributed by atoms with Crippen molar-refractivity contribution in [3.05, 3.63) is 47.2 Å². The van der Waals surface area contributed by atoms with E-state index in [9.17, 15) is 5.11 Å². The van der Waals surface area contributed by atoms with E-state index in [1.807, 2.05) is 24.3 Å². The number of pyridine rings is 1. The van der Waals surface area contributed by atoms with Gasteiger partial charge >= 0.3 is 0 Å². The lowest BCUT2D eigenvalue weighted by Crippen LogP contribution is -2.24. The van der Waals surface area contributed by atoms with E-state index in [1.54, 1.807) is 13.1 Å². The maximum atomic E-state index is 10.1. The van der Waals surface area contributed by atoms with Crippen molar-refractivity contribution in [2.75, 3.05) is 11.4 Å². The standard InChI is InChI=1S/C16H15ClN4O2/c1-9-19-16(23-20-9)15-7-11(22)8-21(15)14-4-5-18-13-6-10(17)2-3-12(13)14/h2-6,11,15,22H,7-8H2,1H3/t11-,15-/m1/s1. The van der Waals surface area contributed by atoms with Crippen molar-refractivity contribution in [1.29, 1.82) is 0 Å². The molecule has 0 amide bonds. The third kappa shape index (κ3) is 2.54. The van der Waals surface area contributed by atoms with E-state index in [0.717, 1.165) is 16.6 Å². The fraction of sp³-hybridized carbons (Fsp3) is 0.312. The number of halogens is 1. The number of benzene rings is 1. The number of hydrogen-bond acceptors (Lipinski definition) is 6. The third-order valence-electron chi connectivity index (χ3n) is 4.10. The Balaban J connectivity index is 1.82. The van der Waals surface area contributed by atoms with E-state index in [0.29, 0.717) is 29.7 Å². The molecule has 3 heterocycles. The van der Waals surface area contributed by atoms with Crippen LogP contribution >= 0.6 is 11.6 Å². The zero-order valence-electron chi connectivity index (χ0n) is 12.5. The van der Waals surface area contributed by atoms with E-state index in [-0.39, 0.29) is 6.04 Å². The summed E-state index contributed by atoms with van der Waals surface area (Å²) in [6.07, 6.45) is 1.86. The minimum absolute atomic E-state index is 0.146. The minimum atomic E-state index is -0.442. The number of fused-ring (bicyclic) bond motifs is 1. The first-order valence-corrected chi connectivity index (χ1v) is 7.79. The summed E-state index contributed by atoms with van der Waals surface area (Å²) >= 11 is 6.05. The van der Waals surface area contributed by atoms with Gasteiger partial charge in [0.05, 0.1) is 11.6 Å². The van der Waals surface area contributed by atoms with Crippen LogP contribution in [0.3, 0.4) is 0 Å². The van der Waals surface area contributed by atoms with Crippen LogP contribution in [0.5, 0.6) is 0 Å². The smallest absolute Gasteiger partial charge is 0.249 e. The maximum absolute atomic E-state index is 10.1. The second-order valence-electron chi connectivity index (χ2n) is 5.73. The maximum Gasteiger partial charge on any atom is 0.249 e. The molecule has 118 valence electrons. The lowest BCUT2D eigenvalue weighted by atomic mass is 10.1. The lowest BCUT2D eigenvalue weighted by molar-refractivity contribution is 0.191. The average molecular weight is 331 g/mol. The van der Waals surface area contributed by atoms with Crippen molar-refractivity contribution in [1.82, 2.24) is 15.1 Å². The molecule has 0 saturated carbocycles. The SMILES string of the molecule is Cc1noc([C@H]2C[C@@H](O)CN2c2ccnc3cc(Cl)ccc23)n1. The monoisotopic (exact) mass is 330 g/mol. The van der Waals surface area contributed by atoms with Crippen LogP contribution in [0.4, 0.5) is 5.69 Å². The van der Waals surface area contributed by atoms with Crippen molar-refractivity contribution in [3.8, 4) is 0 Å². The predicted molar refractivity (Wildman–Crippen MR) is 86.5 cm³/mol. The quantitative estimate of drug-likeness (QED) is 0.778. The van der Waals surface area contributed by atoms with Crippen LogP contribution in [0.25, 0.3) is 10.9 Å². The van der Waals surface area contributed by atoms with Gasteiger partial charge in [-0.05, 0) is 31.2 Å². The molecule has 2 aromatic heterocycles. The van der Waals surface area contributed by atoms with Gasteiger partial charge in [0, 0.05) is 35.3 Å². The first-order valence-electron chi connectivity index (χ1n) is 7.41. The van der Waals surface area contributed by atoms with E-state index in [1.165, 1.54) is 0 Å². The number of aliphatic hydroxyl groups excluding tert-OH is 1.